The van der Waals surface area contributed by atoms with Crippen LogP contribution >= 0.6 is 23.4 Å². The smallest absolute Gasteiger partial charge is 0.208 e. The number of benzene rings is 1. The maximum atomic E-state index is 6.30. The molecule has 0 radical (unpaired) electrons. The van der Waals surface area contributed by atoms with Crippen molar-refractivity contribution >= 4 is 23.4 Å². The number of nitrogens with zero attached hydrogens (tertiary/aromatic N) is 2. The molecule has 0 spiro atoms. The van der Waals surface area contributed by atoms with Crippen LogP contribution in [-0.2, 0) is 5.75 Å². The van der Waals surface area contributed by atoms with Gasteiger partial charge in [-0.05, 0) is 30.5 Å². The number of hydrogen-bond donors (Lipinski definition) is 1. The average Bonchev–Trinajstić information content (AvgIpc) is 3.29. The molecule has 7 heteroatoms. The van der Waals surface area contributed by atoms with Crippen molar-refractivity contribution in [3.8, 4) is 11.5 Å². The molecular formula is C15H16ClN3O2S. The molecule has 1 aliphatic carbocycles. The van der Waals surface area contributed by atoms with Crippen LogP contribution in [0.15, 0.2) is 17.3 Å². The second-order valence-electron chi connectivity index (χ2n) is 5.52. The van der Waals surface area contributed by atoms with Crippen LogP contribution in [-0.4, -0.2) is 28.4 Å². The first-order valence-corrected chi connectivity index (χ1v) is 8.79. The van der Waals surface area contributed by atoms with E-state index in [1.807, 2.05) is 12.1 Å². The third kappa shape index (κ3) is 3.03. The zero-order valence-corrected chi connectivity index (χ0v) is 13.5. The second kappa shape index (κ2) is 6.01. The number of thioether (sulfide) groups is 1. The quantitative estimate of drug-likeness (QED) is 0.860. The van der Waals surface area contributed by atoms with Crippen molar-refractivity contribution in [1.82, 2.24) is 15.2 Å². The van der Waals surface area contributed by atoms with Crippen molar-refractivity contribution in [1.29, 1.82) is 0 Å². The van der Waals surface area contributed by atoms with Gasteiger partial charge in [-0.1, -0.05) is 23.4 Å². The van der Waals surface area contributed by atoms with Gasteiger partial charge in [0.1, 0.15) is 5.82 Å². The molecule has 1 aromatic heterocycles. The Kier molecular flexibility index (Phi) is 3.88. The van der Waals surface area contributed by atoms with Gasteiger partial charge in [0.05, 0.1) is 18.2 Å². The molecular weight excluding hydrogens is 322 g/mol. The van der Waals surface area contributed by atoms with Gasteiger partial charge in [-0.3, -0.25) is 5.10 Å². The Bertz CT molecular complexity index is 687. The maximum absolute atomic E-state index is 6.30. The molecule has 1 N–H and O–H groups in total. The van der Waals surface area contributed by atoms with Gasteiger partial charge in [0.2, 0.25) is 5.16 Å². The fraction of sp³-hybridized carbons (Fsp3) is 0.467. The number of ether oxygens (including phenoxy) is 2. The summed E-state index contributed by atoms with van der Waals surface area (Å²) in [6.45, 7) is 1.30. The van der Waals surface area contributed by atoms with Gasteiger partial charge in [-0.15, -0.1) is 5.10 Å². The van der Waals surface area contributed by atoms with Gasteiger partial charge in [0, 0.05) is 18.1 Å². The first kappa shape index (κ1) is 14.2. The molecule has 1 fully saturated rings. The number of hydrogen-bond acceptors (Lipinski definition) is 5. The number of aromatic nitrogens is 3. The summed E-state index contributed by atoms with van der Waals surface area (Å²) in [6.07, 6.45) is 3.31. The SMILES string of the molecule is Clc1cc(CSc2n[nH]c(C3CC3)n2)cc2c1OCCCO2. The average molecular weight is 338 g/mol. The number of nitrogens with one attached hydrogen (secondary N) is 1. The molecule has 2 heterocycles. The van der Waals surface area contributed by atoms with Crippen molar-refractivity contribution in [2.75, 3.05) is 13.2 Å². The molecule has 2 aromatic rings. The van der Waals surface area contributed by atoms with Crippen LogP contribution < -0.4 is 9.47 Å². The molecule has 1 aliphatic heterocycles. The summed E-state index contributed by atoms with van der Waals surface area (Å²) >= 11 is 7.90. The molecule has 4 rings (SSSR count). The van der Waals surface area contributed by atoms with Crippen LogP contribution in [0.3, 0.4) is 0 Å². The summed E-state index contributed by atoms with van der Waals surface area (Å²) in [4.78, 5) is 4.52. The highest BCUT2D eigenvalue weighted by atomic mass is 35.5. The second-order valence-corrected chi connectivity index (χ2v) is 6.87. The normalized spacial score (nSPS) is 17.3. The minimum absolute atomic E-state index is 0.592. The Labute approximate surface area is 137 Å². The molecule has 0 unspecified atom stereocenters. The summed E-state index contributed by atoms with van der Waals surface area (Å²) in [7, 11) is 0. The number of H-pyrrole nitrogens is 1. The van der Waals surface area contributed by atoms with E-state index in [4.69, 9.17) is 21.1 Å². The van der Waals surface area contributed by atoms with Crippen molar-refractivity contribution < 1.29 is 9.47 Å². The van der Waals surface area contributed by atoms with Crippen LogP contribution in [0.2, 0.25) is 5.02 Å². The van der Waals surface area contributed by atoms with E-state index in [1.165, 1.54) is 12.8 Å². The predicted octanol–water partition coefficient (Wildman–Crippen LogP) is 3.79. The zero-order chi connectivity index (χ0) is 14.9. The van der Waals surface area contributed by atoms with E-state index in [-0.39, 0.29) is 0 Å². The molecule has 0 bridgehead atoms. The van der Waals surface area contributed by atoms with E-state index in [0.717, 1.165) is 34.5 Å². The Morgan fingerprint density at radius 2 is 2.14 bits per heavy atom. The minimum atomic E-state index is 0.592. The highest BCUT2D eigenvalue weighted by Crippen LogP contribution is 2.40. The Balaban J connectivity index is 1.47. The van der Waals surface area contributed by atoms with E-state index in [2.05, 4.69) is 15.2 Å². The summed E-state index contributed by atoms with van der Waals surface area (Å²) in [6, 6.07) is 3.92. The number of fused-ring (bicyclic) bond motifs is 1. The molecule has 2 aliphatic rings. The molecule has 1 saturated carbocycles. The van der Waals surface area contributed by atoms with Gasteiger partial charge in [0.25, 0.3) is 0 Å². The van der Waals surface area contributed by atoms with Crippen molar-refractivity contribution in [3.63, 3.8) is 0 Å². The molecule has 116 valence electrons. The Morgan fingerprint density at radius 3 is 3.00 bits per heavy atom. The topological polar surface area (TPSA) is 60.0 Å². The fourth-order valence-corrected chi connectivity index (χ4v) is 3.40. The van der Waals surface area contributed by atoms with Crippen LogP contribution in [0, 0.1) is 0 Å². The first-order chi connectivity index (χ1) is 10.8. The van der Waals surface area contributed by atoms with Gasteiger partial charge < -0.3 is 9.47 Å². The lowest BCUT2D eigenvalue weighted by Gasteiger charge is -2.11. The number of rotatable bonds is 4. The standard InChI is InChI=1S/C15H16ClN3O2S/c16-11-6-9(7-12-13(11)21-5-1-4-20-12)8-22-15-17-14(18-19-15)10-2-3-10/h6-7,10H,1-5,8H2,(H,17,18,19). The monoisotopic (exact) mass is 337 g/mol. The van der Waals surface area contributed by atoms with Crippen molar-refractivity contribution in [3.05, 3.63) is 28.5 Å². The van der Waals surface area contributed by atoms with Crippen LogP contribution in [0.5, 0.6) is 11.5 Å². The first-order valence-electron chi connectivity index (χ1n) is 7.43. The third-order valence-corrected chi connectivity index (χ3v) is 4.88. The van der Waals surface area contributed by atoms with Crippen molar-refractivity contribution in [2.45, 2.75) is 36.1 Å². The van der Waals surface area contributed by atoms with Gasteiger partial charge in [-0.2, -0.15) is 0 Å². The van der Waals surface area contributed by atoms with Crippen molar-refractivity contribution in [2.24, 2.45) is 0 Å². The summed E-state index contributed by atoms with van der Waals surface area (Å²) < 4.78 is 11.3. The zero-order valence-electron chi connectivity index (χ0n) is 12.0. The number of aromatic amines is 1. The minimum Gasteiger partial charge on any atom is -0.489 e. The Hall–Kier alpha value is -1.40. The maximum Gasteiger partial charge on any atom is 0.208 e. The van der Waals surface area contributed by atoms with E-state index in [0.29, 0.717) is 29.9 Å². The highest BCUT2D eigenvalue weighted by molar-refractivity contribution is 7.98. The summed E-state index contributed by atoms with van der Waals surface area (Å²) in [5.74, 6) is 3.74. The molecule has 0 saturated heterocycles. The van der Waals surface area contributed by atoms with Crippen LogP contribution in [0.1, 0.15) is 36.6 Å². The van der Waals surface area contributed by atoms with Crippen LogP contribution in [0.25, 0.3) is 0 Å². The fourth-order valence-electron chi connectivity index (χ4n) is 2.38. The third-order valence-electron chi connectivity index (χ3n) is 3.68. The van der Waals surface area contributed by atoms with Crippen LogP contribution in [0.4, 0.5) is 0 Å². The lowest BCUT2D eigenvalue weighted by molar-refractivity contribution is 0.297. The Morgan fingerprint density at radius 1 is 1.27 bits per heavy atom. The van der Waals surface area contributed by atoms with Gasteiger partial charge in [-0.25, -0.2) is 4.98 Å². The number of halogens is 1. The molecule has 22 heavy (non-hydrogen) atoms. The highest BCUT2D eigenvalue weighted by Gasteiger charge is 2.27. The van der Waals surface area contributed by atoms with E-state index >= 15 is 0 Å². The van der Waals surface area contributed by atoms with E-state index in [9.17, 15) is 0 Å². The predicted molar refractivity (Wildman–Crippen MR) is 85.0 cm³/mol. The molecule has 0 amide bonds. The molecule has 0 atom stereocenters. The lowest BCUT2D eigenvalue weighted by atomic mass is 10.2. The summed E-state index contributed by atoms with van der Waals surface area (Å²) in [5.41, 5.74) is 1.08. The molecule has 1 aromatic carbocycles. The van der Waals surface area contributed by atoms with E-state index < -0.39 is 0 Å². The largest absolute Gasteiger partial charge is 0.489 e. The van der Waals surface area contributed by atoms with E-state index in [1.54, 1.807) is 11.8 Å². The van der Waals surface area contributed by atoms with Gasteiger partial charge >= 0.3 is 0 Å². The van der Waals surface area contributed by atoms with Gasteiger partial charge in [0.15, 0.2) is 11.5 Å². The lowest BCUT2D eigenvalue weighted by Crippen LogP contribution is -1.97. The molecule has 5 nitrogen and oxygen atoms in total. The summed E-state index contributed by atoms with van der Waals surface area (Å²) in [5, 5.41) is 8.66.